The lowest BCUT2D eigenvalue weighted by atomic mass is 9.83. The topological polar surface area (TPSA) is 56.8 Å². The number of ether oxygens (including phenoxy) is 3. The molecule has 0 fully saturated rings. The fourth-order valence-electron chi connectivity index (χ4n) is 2.33. The van der Waals surface area contributed by atoms with Gasteiger partial charge in [-0.2, -0.15) is 0 Å². The van der Waals surface area contributed by atoms with Crippen LogP contribution in [0.4, 0.5) is 5.69 Å². The summed E-state index contributed by atoms with van der Waals surface area (Å²) in [5, 5.41) is 2.93. The Morgan fingerprint density at radius 3 is 2.00 bits per heavy atom. The number of amides is 1. The van der Waals surface area contributed by atoms with Gasteiger partial charge in [0.15, 0.2) is 0 Å². The zero-order valence-electron chi connectivity index (χ0n) is 14.7. The van der Waals surface area contributed by atoms with Crippen LogP contribution in [0.1, 0.15) is 19.4 Å². The summed E-state index contributed by atoms with van der Waals surface area (Å²) in [4.78, 5) is 12.8. The molecule has 5 heteroatoms. The molecule has 0 aromatic heterocycles. The normalized spacial score (nSPS) is 10.9. The van der Waals surface area contributed by atoms with Gasteiger partial charge in [0.25, 0.3) is 0 Å². The van der Waals surface area contributed by atoms with E-state index in [-0.39, 0.29) is 5.91 Å². The van der Waals surface area contributed by atoms with Crippen LogP contribution >= 0.6 is 0 Å². The third kappa shape index (κ3) is 3.62. The zero-order chi connectivity index (χ0) is 17.7. The molecule has 2 aromatic carbocycles. The molecule has 0 saturated carbocycles. The highest BCUT2D eigenvalue weighted by Gasteiger charge is 2.30. The van der Waals surface area contributed by atoms with Crippen molar-refractivity contribution in [1.82, 2.24) is 0 Å². The molecule has 0 atom stereocenters. The van der Waals surface area contributed by atoms with E-state index in [1.807, 2.05) is 38.1 Å². The Hall–Kier alpha value is -2.69. The van der Waals surface area contributed by atoms with Gasteiger partial charge >= 0.3 is 0 Å². The monoisotopic (exact) mass is 329 g/mol. The molecule has 2 aromatic rings. The minimum Gasteiger partial charge on any atom is -0.497 e. The Balaban J connectivity index is 2.27. The lowest BCUT2D eigenvalue weighted by molar-refractivity contribution is -0.120. The number of benzene rings is 2. The van der Waals surface area contributed by atoms with Crippen molar-refractivity contribution >= 4 is 11.6 Å². The summed E-state index contributed by atoms with van der Waals surface area (Å²) in [6.45, 7) is 3.74. The van der Waals surface area contributed by atoms with Crippen molar-refractivity contribution in [2.45, 2.75) is 19.3 Å². The van der Waals surface area contributed by atoms with Crippen LogP contribution in [0.5, 0.6) is 17.2 Å². The summed E-state index contributed by atoms with van der Waals surface area (Å²) in [7, 11) is 4.75. The molecule has 1 amide bonds. The molecule has 0 aliphatic carbocycles. The van der Waals surface area contributed by atoms with Crippen molar-refractivity contribution in [2.75, 3.05) is 26.6 Å². The maximum absolute atomic E-state index is 12.8. The van der Waals surface area contributed by atoms with E-state index in [4.69, 9.17) is 14.2 Å². The van der Waals surface area contributed by atoms with Crippen LogP contribution in [0.3, 0.4) is 0 Å². The van der Waals surface area contributed by atoms with E-state index in [1.165, 1.54) is 0 Å². The molecule has 5 nitrogen and oxygen atoms in total. The van der Waals surface area contributed by atoms with Crippen LogP contribution in [-0.4, -0.2) is 27.2 Å². The predicted molar refractivity (Wildman–Crippen MR) is 94.2 cm³/mol. The van der Waals surface area contributed by atoms with E-state index in [9.17, 15) is 4.79 Å². The van der Waals surface area contributed by atoms with Gasteiger partial charge < -0.3 is 19.5 Å². The molecule has 0 saturated heterocycles. The molecular weight excluding hydrogens is 306 g/mol. The molecule has 0 radical (unpaired) electrons. The van der Waals surface area contributed by atoms with Crippen LogP contribution in [0.15, 0.2) is 42.5 Å². The van der Waals surface area contributed by atoms with Gasteiger partial charge in [0.1, 0.15) is 17.2 Å². The van der Waals surface area contributed by atoms with Gasteiger partial charge in [0.05, 0.1) is 32.4 Å². The molecular formula is C19H23NO4. The van der Waals surface area contributed by atoms with E-state index in [1.54, 1.807) is 39.5 Å². The van der Waals surface area contributed by atoms with E-state index in [2.05, 4.69) is 5.32 Å². The molecule has 24 heavy (non-hydrogen) atoms. The van der Waals surface area contributed by atoms with E-state index < -0.39 is 5.41 Å². The van der Waals surface area contributed by atoms with Crippen LogP contribution in [0.25, 0.3) is 0 Å². The molecule has 128 valence electrons. The number of hydrogen-bond acceptors (Lipinski definition) is 4. The van der Waals surface area contributed by atoms with Crippen molar-refractivity contribution < 1.29 is 19.0 Å². The van der Waals surface area contributed by atoms with Crippen molar-refractivity contribution in [3.05, 3.63) is 48.0 Å². The fraction of sp³-hybridized carbons (Fsp3) is 0.316. The van der Waals surface area contributed by atoms with Crippen molar-refractivity contribution in [1.29, 1.82) is 0 Å². The minimum atomic E-state index is -0.722. The summed E-state index contributed by atoms with van der Waals surface area (Å²) in [5.74, 6) is 1.84. The first-order valence-corrected chi connectivity index (χ1v) is 7.60. The van der Waals surface area contributed by atoms with E-state index >= 15 is 0 Å². The Labute approximate surface area is 142 Å². The van der Waals surface area contributed by atoms with Crippen LogP contribution in [0.2, 0.25) is 0 Å². The van der Waals surface area contributed by atoms with Gasteiger partial charge in [0.2, 0.25) is 5.91 Å². The number of carbonyl (C=O) groups excluding carboxylic acids is 1. The standard InChI is InChI=1S/C19H23NO4/c1-19(2,13-6-8-14(22-3)9-7-13)18(21)20-16-12-15(23-4)10-11-17(16)24-5/h6-12H,1-5H3,(H,20,21). The number of methoxy groups -OCH3 is 3. The first kappa shape index (κ1) is 17.7. The molecule has 0 aliphatic heterocycles. The van der Waals surface area contributed by atoms with Gasteiger partial charge in [0, 0.05) is 6.07 Å². The van der Waals surface area contributed by atoms with E-state index in [0.717, 1.165) is 11.3 Å². The van der Waals surface area contributed by atoms with Crippen LogP contribution in [0, 0.1) is 0 Å². The quantitative estimate of drug-likeness (QED) is 0.879. The van der Waals surface area contributed by atoms with Gasteiger partial charge in [-0.3, -0.25) is 4.79 Å². The predicted octanol–water partition coefficient (Wildman–Crippen LogP) is 3.63. The zero-order valence-corrected chi connectivity index (χ0v) is 14.7. The lowest BCUT2D eigenvalue weighted by Gasteiger charge is -2.25. The summed E-state index contributed by atoms with van der Waals surface area (Å²) >= 11 is 0. The van der Waals surface area contributed by atoms with Crippen molar-refractivity contribution in [3.63, 3.8) is 0 Å². The fourth-order valence-corrected chi connectivity index (χ4v) is 2.33. The number of hydrogen-bond donors (Lipinski definition) is 1. The molecule has 0 unspecified atom stereocenters. The summed E-state index contributed by atoms with van der Waals surface area (Å²) in [6.07, 6.45) is 0. The SMILES string of the molecule is COc1ccc(C(C)(C)C(=O)Nc2cc(OC)ccc2OC)cc1. The highest BCUT2D eigenvalue weighted by atomic mass is 16.5. The summed E-state index contributed by atoms with van der Waals surface area (Å²) in [6, 6.07) is 12.7. The smallest absolute Gasteiger partial charge is 0.234 e. The van der Waals surface area contributed by atoms with Gasteiger partial charge in [-0.05, 0) is 43.7 Å². The second-order valence-electron chi connectivity index (χ2n) is 5.87. The number of nitrogens with one attached hydrogen (secondary N) is 1. The molecule has 0 bridgehead atoms. The average Bonchev–Trinajstić information content (AvgIpc) is 2.61. The number of carbonyl (C=O) groups is 1. The number of rotatable bonds is 6. The van der Waals surface area contributed by atoms with E-state index in [0.29, 0.717) is 17.2 Å². The Bertz CT molecular complexity index is 708. The minimum absolute atomic E-state index is 0.140. The van der Waals surface area contributed by atoms with Crippen molar-refractivity contribution in [3.8, 4) is 17.2 Å². The third-order valence-electron chi connectivity index (χ3n) is 4.03. The van der Waals surface area contributed by atoms with Gasteiger partial charge in [-0.25, -0.2) is 0 Å². The third-order valence-corrected chi connectivity index (χ3v) is 4.03. The highest BCUT2D eigenvalue weighted by molar-refractivity contribution is 5.99. The summed E-state index contributed by atoms with van der Waals surface area (Å²) < 4.78 is 15.7. The maximum Gasteiger partial charge on any atom is 0.234 e. The van der Waals surface area contributed by atoms with Crippen molar-refractivity contribution in [2.24, 2.45) is 0 Å². The first-order valence-electron chi connectivity index (χ1n) is 7.60. The molecule has 0 heterocycles. The van der Waals surface area contributed by atoms with Crippen LogP contribution < -0.4 is 19.5 Å². The summed E-state index contributed by atoms with van der Waals surface area (Å²) in [5.41, 5.74) is 0.742. The van der Waals surface area contributed by atoms with Gasteiger partial charge in [-0.1, -0.05) is 12.1 Å². The Morgan fingerprint density at radius 1 is 0.875 bits per heavy atom. The highest BCUT2D eigenvalue weighted by Crippen LogP contribution is 2.32. The van der Waals surface area contributed by atoms with Gasteiger partial charge in [-0.15, -0.1) is 0 Å². The molecule has 1 N–H and O–H groups in total. The second kappa shape index (κ2) is 7.25. The average molecular weight is 329 g/mol. The molecule has 0 aliphatic rings. The largest absolute Gasteiger partial charge is 0.497 e. The lowest BCUT2D eigenvalue weighted by Crippen LogP contribution is -2.34. The molecule has 2 rings (SSSR count). The Kier molecular flexibility index (Phi) is 5.34. The first-order chi connectivity index (χ1) is 11.4. The second-order valence-corrected chi connectivity index (χ2v) is 5.87. The Morgan fingerprint density at radius 2 is 1.46 bits per heavy atom. The number of anilines is 1. The molecule has 0 spiro atoms. The maximum atomic E-state index is 12.8. The van der Waals surface area contributed by atoms with Crippen LogP contribution in [-0.2, 0) is 10.2 Å².